The minimum Gasteiger partial charge on any atom is -0.385 e. The lowest BCUT2D eigenvalue weighted by atomic mass is 9.67. The normalized spacial score (nSPS) is 18.2. The molecule has 1 aliphatic carbocycles. The first-order valence-corrected chi connectivity index (χ1v) is 8.42. The van der Waals surface area contributed by atoms with Crippen molar-refractivity contribution < 1.29 is 4.74 Å². The molecule has 0 aromatic rings. The summed E-state index contributed by atoms with van der Waals surface area (Å²) in [5, 5.41) is 6.82. The molecule has 1 fully saturated rings. The van der Waals surface area contributed by atoms with E-state index in [-0.39, 0.29) is 0 Å². The largest absolute Gasteiger partial charge is 0.385 e. The van der Waals surface area contributed by atoms with Crippen LogP contribution in [0.2, 0.25) is 0 Å². The average molecular weight is 297 g/mol. The summed E-state index contributed by atoms with van der Waals surface area (Å²) in [7, 11) is 1.79. The Balaban J connectivity index is 2.46. The third kappa shape index (κ3) is 7.16. The Morgan fingerprint density at radius 2 is 1.95 bits per heavy atom. The Morgan fingerprint density at radius 3 is 2.43 bits per heavy atom. The SMILES string of the molecule is CCNC(=NCC1(CCOC)CCC1)NCCC(C)(C)C. The van der Waals surface area contributed by atoms with Gasteiger partial charge in [-0.15, -0.1) is 0 Å². The van der Waals surface area contributed by atoms with E-state index in [1.807, 2.05) is 0 Å². The van der Waals surface area contributed by atoms with E-state index < -0.39 is 0 Å². The Labute approximate surface area is 131 Å². The van der Waals surface area contributed by atoms with Crippen LogP contribution < -0.4 is 10.6 Å². The lowest BCUT2D eigenvalue weighted by Crippen LogP contribution is -2.41. The van der Waals surface area contributed by atoms with Crippen LogP contribution in [0.1, 0.15) is 59.8 Å². The molecule has 0 saturated heterocycles. The Morgan fingerprint density at radius 1 is 1.24 bits per heavy atom. The third-order valence-electron chi connectivity index (χ3n) is 4.33. The molecule has 0 amide bonds. The average Bonchev–Trinajstić information content (AvgIpc) is 2.35. The molecule has 0 unspecified atom stereocenters. The van der Waals surface area contributed by atoms with Crippen LogP contribution in [-0.4, -0.2) is 39.3 Å². The summed E-state index contributed by atoms with van der Waals surface area (Å²) in [5.41, 5.74) is 0.750. The predicted molar refractivity (Wildman–Crippen MR) is 90.8 cm³/mol. The molecule has 0 bridgehead atoms. The van der Waals surface area contributed by atoms with E-state index in [1.54, 1.807) is 7.11 Å². The number of rotatable bonds is 8. The topological polar surface area (TPSA) is 45.7 Å². The third-order valence-corrected chi connectivity index (χ3v) is 4.33. The zero-order valence-corrected chi connectivity index (χ0v) is 14.7. The van der Waals surface area contributed by atoms with Crippen molar-refractivity contribution in [2.45, 2.75) is 59.8 Å². The van der Waals surface area contributed by atoms with Gasteiger partial charge in [0.1, 0.15) is 0 Å². The first-order chi connectivity index (χ1) is 9.91. The van der Waals surface area contributed by atoms with Crippen LogP contribution in [0.4, 0.5) is 0 Å². The fraction of sp³-hybridized carbons (Fsp3) is 0.941. The molecular formula is C17H35N3O. The number of nitrogens with zero attached hydrogens (tertiary/aromatic N) is 1. The van der Waals surface area contributed by atoms with Crippen LogP contribution in [0.25, 0.3) is 0 Å². The fourth-order valence-electron chi connectivity index (χ4n) is 2.63. The van der Waals surface area contributed by atoms with Crippen LogP contribution in [0, 0.1) is 10.8 Å². The molecule has 4 heteroatoms. The molecule has 0 radical (unpaired) electrons. The van der Waals surface area contributed by atoms with Crippen molar-refractivity contribution >= 4 is 5.96 Å². The molecule has 21 heavy (non-hydrogen) atoms. The molecule has 1 aliphatic rings. The smallest absolute Gasteiger partial charge is 0.191 e. The molecule has 124 valence electrons. The highest BCUT2D eigenvalue weighted by Crippen LogP contribution is 2.44. The zero-order chi connectivity index (χ0) is 15.8. The van der Waals surface area contributed by atoms with E-state index in [2.05, 4.69) is 38.3 Å². The van der Waals surface area contributed by atoms with Crippen LogP contribution >= 0.6 is 0 Å². The number of nitrogens with one attached hydrogen (secondary N) is 2. The second kappa shape index (κ2) is 8.62. The van der Waals surface area contributed by atoms with Gasteiger partial charge in [0.15, 0.2) is 5.96 Å². The second-order valence-electron chi connectivity index (χ2n) is 7.53. The van der Waals surface area contributed by atoms with Crippen molar-refractivity contribution in [2.75, 3.05) is 33.4 Å². The van der Waals surface area contributed by atoms with E-state index in [9.17, 15) is 0 Å². The van der Waals surface area contributed by atoms with Gasteiger partial charge in [-0.1, -0.05) is 27.2 Å². The lowest BCUT2D eigenvalue weighted by Gasteiger charge is -2.40. The van der Waals surface area contributed by atoms with Gasteiger partial charge in [-0.25, -0.2) is 0 Å². The minimum atomic E-state index is 0.359. The second-order valence-corrected chi connectivity index (χ2v) is 7.53. The van der Waals surface area contributed by atoms with E-state index in [0.717, 1.165) is 45.0 Å². The van der Waals surface area contributed by atoms with Gasteiger partial charge in [-0.3, -0.25) is 4.99 Å². The lowest BCUT2D eigenvalue weighted by molar-refractivity contribution is 0.0778. The molecule has 0 aliphatic heterocycles. The van der Waals surface area contributed by atoms with Crippen LogP contribution in [-0.2, 0) is 4.74 Å². The molecule has 0 aromatic heterocycles. The van der Waals surface area contributed by atoms with Crippen molar-refractivity contribution in [3.8, 4) is 0 Å². The zero-order valence-electron chi connectivity index (χ0n) is 14.7. The first kappa shape index (κ1) is 18.3. The van der Waals surface area contributed by atoms with Crippen molar-refractivity contribution in [3.05, 3.63) is 0 Å². The standard InChI is InChI=1S/C17H35N3O/c1-6-18-15(19-12-10-16(2,3)4)20-14-17(8-7-9-17)11-13-21-5/h6-14H2,1-5H3,(H2,18,19,20). The predicted octanol–water partition coefficient (Wildman–Crippen LogP) is 3.18. The summed E-state index contributed by atoms with van der Waals surface area (Å²) in [5.74, 6) is 0.963. The molecule has 1 saturated carbocycles. The summed E-state index contributed by atoms with van der Waals surface area (Å²) in [6.07, 6.45) is 6.20. The maximum atomic E-state index is 5.25. The summed E-state index contributed by atoms with van der Waals surface area (Å²) < 4.78 is 5.25. The Hall–Kier alpha value is -0.770. The highest BCUT2D eigenvalue weighted by molar-refractivity contribution is 5.79. The maximum absolute atomic E-state index is 5.25. The van der Waals surface area contributed by atoms with Gasteiger partial charge in [0, 0.05) is 33.4 Å². The highest BCUT2D eigenvalue weighted by Gasteiger charge is 2.36. The number of hydrogen-bond donors (Lipinski definition) is 2. The maximum Gasteiger partial charge on any atom is 0.191 e. The summed E-state index contributed by atoms with van der Waals surface area (Å²) in [4.78, 5) is 4.82. The molecule has 0 heterocycles. The monoisotopic (exact) mass is 297 g/mol. The fourth-order valence-corrected chi connectivity index (χ4v) is 2.63. The van der Waals surface area contributed by atoms with Crippen molar-refractivity contribution in [3.63, 3.8) is 0 Å². The first-order valence-electron chi connectivity index (χ1n) is 8.42. The number of ether oxygens (including phenoxy) is 1. The van der Waals surface area contributed by atoms with E-state index in [4.69, 9.17) is 9.73 Å². The van der Waals surface area contributed by atoms with Crippen LogP contribution in [0.3, 0.4) is 0 Å². The van der Waals surface area contributed by atoms with Crippen LogP contribution in [0.15, 0.2) is 4.99 Å². The summed E-state index contributed by atoms with van der Waals surface area (Å²) >= 11 is 0. The highest BCUT2D eigenvalue weighted by atomic mass is 16.5. The number of guanidine groups is 1. The van der Waals surface area contributed by atoms with E-state index >= 15 is 0 Å². The Kier molecular flexibility index (Phi) is 7.50. The molecule has 0 spiro atoms. The summed E-state index contributed by atoms with van der Waals surface area (Å²) in [6, 6.07) is 0. The van der Waals surface area contributed by atoms with Gasteiger partial charge >= 0.3 is 0 Å². The van der Waals surface area contributed by atoms with Gasteiger partial charge in [0.25, 0.3) is 0 Å². The Bertz CT molecular complexity index is 316. The molecular weight excluding hydrogens is 262 g/mol. The minimum absolute atomic E-state index is 0.359. The van der Waals surface area contributed by atoms with Crippen molar-refractivity contribution in [1.29, 1.82) is 0 Å². The number of methoxy groups -OCH3 is 1. The van der Waals surface area contributed by atoms with Gasteiger partial charge in [-0.05, 0) is 43.4 Å². The number of hydrogen-bond acceptors (Lipinski definition) is 2. The molecule has 4 nitrogen and oxygen atoms in total. The summed E-state index contributed by atoms with van der Waals surface area (Å²) in [6.45, 7) is 12.6. The molecule has 0 aromatic carbocycles. The molecule has 1 rings (SSSR count). The van der Waals surface area contributed by atoms with Crippen LogP contribution in [0.5, 0.6) is 0 Å². The van der Waals surface area contributed by atoms with Crippen molar-refractivity contribution in [1.82, 2.24) is 10.6 Å². The number of aliphatic imine (C=N–C) groups is 1. The van der Waals surface area contributed by atoms with Gasteiger partial charge in [0.2, 0.25) is 0 Å². The van der Waals surface area contributed by atoms with Gasteiger partial charge in [-0.2, -0.15) is 0 Å². The quantitative estimate of drug-likeness (QED) is 0.534. The molecule has 2 N–H and O–H groups in total. The van der Waals surface area contributed by atoms with Crippen molar-refractivity contribution in [2.24, 2.45) is 15.8 Å². The van der Waals surface area contributed by atoms with Gasteiger partial charge < -0.3 is 15.4 Å². The van der Waals surface area contributed by atoms with E-state index in [0.29, 0.717) is 10.8 Å². The van der Waals surface area contributed by atoms with Gasteiger partial charge in [0.05, 0.1) is 0 Å². The van der Waals surface area contributed by atoms with E-state index in [1.165, 1.54) is 19.3 Å². The molecule has 0 atom stereocenters.